The molecule has 0 unspecified atom stereocenters. The van der Waals surface area contributed by atoms with Crippen LogP contribution in [0.4, 0.5) is 0 Å². The Morgan fingerprint density at radius 2 is 0.892 bits per heavy atom. The van der Waals surface area contributed by atoms with Crippen molar-refractivity contribution in [3.63, 3.8) is 0 Å². The molecule has 0 aromatic carbocycles. The summed E-state index contributed by atoms with van der Waals surface area (Å²) in [5, 5.41) is 0. The Morgan fingerprint density at radius 3 is 1.22 bits per heavy atom. The van der Waals surface area contributed by atoms with Crippen molar-refractivity contribution < 1.29 is 63.8 Å². The summed E-state index contributed by atoms with van der Waals surface area (Å²) in [6.07, 6.45) is 26.6. The molecule has 0 bridgehead atoms. The van der Waals surface area contributed by atoms with E-state index in [9.17, 15) is 21.4 Å². The van der Waals surface area contributed by atoms with E-state index in [1.165, 1.54) is 103 Å². The van der Waals surface area contributed by atoms with Gasteiger partial charge in [-0.25, -0.2) is 13.3 Å². The van der Waals surface area contributed by atoms with Crippen molar-refractivity contribution in [2.24, 2.45) is 5.92 Å². The fourth-order valence-corrected chi connectivity index (χ4v) is 5.53. The third kappa shape index (κ3) is 31.1. The Balaban J connectivity index is 0. The number of hydrogen-bond acceptors (Lipinski definition) is 8. The third-order valence-corrected chi connectivity index (χ3v) is 8.13. The van der Waals surface area contributed by atoms with Crippen LogP contribution in [0.2, 0.25) is 0 Å². The third-order valence-electron chi connectivity index (χ3n) is 6.53. The van der Waals surface area contributed by atoms with Gasteiger partial charge in [-0.3, -0.25) is 0 Å². The molecular weight excluding hydrogens is 527 g/mol. The Bertz CT molecular complexity index is 663. The van der Waals surface area contributed by atoms with Crippen molar-refractivity contribution in [3.8, 4) is 0 Å². The van der Waals surface area contributed by atoms with E-state index in [2.05, 4.69) is 21.8 Å². The molecule has 0 aromatic rings. The zero-order chi connectivity index (χ0) is 27.0. The first kappa shape index (κ1) is 39.9. The zero-order valence-corrected chi connectivity index (χ0v) is 27.6. The maximum Gasteiger partial charge on any atom is 1.00 e. The van der Waals surface area contributed by atoms with Crippen LogP contribution in [0.5, 0.6) is 0 Å². The fraction of sp³-hybridized carbons (Fsp3) is 1.00. The molecule has 11 heteroatoms. The molecule has 0 fully saturated rings. The van der Waals surface area contributed by atoms with E-state index >= 15 is 0 Å². The van der Waals surface area contributed by atoms with E-state index in [4.69, 9.17) is 4.89 Å². The van der Waals surface area contributed by atoms with Crippen LogP contribution in [0.3, 0.4) is 0 Å². The van der Waals surface area contributed by atoms with Gasteiger partial charge in [-0.1, -0.05) is 147 Å². The van der Waals surface area contributed by atoms with Crippen LogP contribution in [0, 0.1) is 5.92 Å². The summed E-state index contributed by atoms with van der Waals surface area (Å²) in [5.41, 5.74) is 0. The van der Waals surface area contributed by atoms with E-state index in [0.717, 1.165) is 38.5 Å². The minimum atomic E-state index is -5.44. The Morgan fingerprint density at radius 1 is 0.568 bits per heavy atom. The topological polar surface area (TPSA) is 119 Å². The molecule has 0 radical (unpaired) electrons. The first-order valence-corrected chi connectivity index (χ1v) is 17.1. The summed E-state index contributed by atoms with van der Waals surface area (Å²) in [5.74, 6) is 0.104. The molecule has 37 heavy (non-hydrogen) atoms. The molecule has 218 valence electrons. The van der Waals surface area contributed by atoms with Crippen molar-refractivity contribution in [2.75, 3.05) is 6.61 Å². The molecule has 0 aliphatic heterocycles. The average molecular weight is 581 g/mol. The quantitative estimate of drug-likeness (QED) is 0.0320. The van der Waals surface area contributed by atoms with Gasteiger partial charge in [0.2, 0.25) is 10.4 Å². The number of rotatable bonds is 28. The van der Waals surface area contributed by atoms with E-state index in [0.29, 0.717) is 0 Å². The Hall–Kier alpha value is 0.740. The molecule has 0 saturated carbocycles. The molecule has 0 aliphatic rings. The maximum absolute atomic E-state index is 11.4. The monoisotopic (exact) mass is 580 g/mol. The maximum atomic E-state index is 11.4. The van der Waals surface area contributed by atoms with Crippen molar-refractivity contribution in [1.82, 2.24) is 0 Å². The van der Waals surface area contributed by atoms with Crippen molar-refractivity contribution >= 4 is 20.8 Å². The van der Waals surface area contributed by atoms with Gasteiger partial charge in [0.25, 0.3) is 0 Å². The standard InChI is InChI=1S/C26H54O8S2.Na/c1-3-5-7-9-11-13-15-17-19-21-23-26(25-32-33-36(30,31)34-35(27,28)29)24-22-20-18-16-14-12-10-8-6-4-2;/h26H,3-25H2,1-2H3,(H,27,28,29);/q;+1/p-1. The molecule has 0 aromatic heterocycles. The summed E-state index contributed by atoms with van der Waals surface area (Å²) >= 11 is 0. The van der Waals surface area contributed by atoms with Gasteiger partial charge in [0, 0.05) is 0 Å². The summed E-state index contributed by atoms with van der Waals surface area (Å²) in [4.78, 5) is 4.77. The van der Waals surface area contributed by atoms with Crippen LogP contribution in [0.1, 0.15) is 155 Å². The van der Waals surface area contributed by atoms with Gasteiger partial charge in [-0.2, -0.15) is 8.42 Å². The van der Waals surface area contributed by atoms with Gasteiger partial charge < -0.3 is 4.55 Å². The van der Waals surface area contributed by atoms with Crippen molar-refractivity contribution in [1.29, 1.82) is 0 Å². The van der Waals surface area contributed by atoms with Crippen molar-refractivity contribution in [2.45, 2.75) is 155 Å². The van der Waals surface area contributed by atoms with Crippen LogP contribution in [-0.2, 0) is 33.6 Å². The molecule has 0 spiro atoms. The van der Waals surface area contributed by atoms with Crippen LogP contribution >= 0.6 is 0 Å². The van der Waals surface area contributed by atoms with Gasteiger partial charge >= 0.3 is 40.0 Å². The van der Waals surface area contributed by atoms with E-state index in [-0.39, 0.29) is 42.1 Å². The van der Waals surface area contributed by atoms with Gasteiger partial charge in [-0.15, -0.1) is 3.63 Å². The predicted octanol–water partition coefficient (Wildman–Crippen LogP) is 4.90. The van der Waals surface area contributed by atoms with Gasteiger partial charge in [-0.05, 0) is 18.8 Å². The SMILES string of the molecule is CCCCCCCCCCCCC(CCCCCCCCCCCC)COOS(=O)(=O)OS(=O)(=O)[O-].[Na+]. The van der Waals surface area contributed by atoms with E-state index in [1.54, 1.807) is 0 Å². The second kappa shape index (κ2) is 26.9. The first-order chi connectivity index (χ1) is 17.2. The molecule has 0 saturated heterocycles. The molecule has 0 N–H and O–H groups in total. The van der Waals surface area contributed by atoms with Gasteiger partial charge in [0.05, 0.1) is 6.61 Å². The average Bonchev–Trinajstić information content (AvgIpc) is 2.79. The zero-order valence-electron chi connectivity index (χ0n) is 23.9. The van der Waals surface area contributed by atoms with Crippen LogP contribution in [0.15, 0.2) is 0 Å². The summed E-state index contributed by atoms with van der Waals surface area (Å²) in [6, 6.07) is 0. The normalized spacial score (nSPS) is 12.2. The molecule has 0 rings (SSSR count). The van der Waals surface area contributed by atoms with E-state index in [1.807, 2.05) is 0 Å². The molecular formula is C26H53NaO8S2. The summed E-state index contributed by atoms with van der Waals surface area (Å²) in [6.45, 7) is 4.46. The first-order valence-electron chi connectivity index (χ1n) is 14.4. The molecule has 0 aliphatic carbocycles. The number of hydrogen-bond donors (Lipinski definition) is 0. The Kier molecular flexibility index (Phi) is 29.0. The minimum Gasteiger partial charge on any atom is -0.725 e. The predicted molar refractivity (Wildman–Crippen MR) is 143 cm³/mol. The summed E-state index contributed by atoms with van der Waals surface area (Å²) in [7, 11) is -10.5. The second-order valence-corrected chi connectivity index (χ2v) is 12.4. The molecule has 0 heterocycles. The van der Waals surface area contributed by atoms with Crippen molar-refractivity contribution in [3.05, 3.63) is 0 Å². The number of unbranched alkanes of at least 4 members (excludes halogenated alkanes) is 18. The Labute approximate surface area is 250 Å². The van der Waals surface area contributed by atoms with Gasteiger partial charge in [0.15, 0.2) is 0 Å². The fourth-order valence-electron chi connectivity index (χ4n) is 4.45. The summed E-state index contributed by atoms with van der Waals surface area (Å²) < 4.78 is 61.7. The van der Waals surface area contributed by atoms with Crippen LogP contribution < -0.4 is 29.6 Å². The van der Waals surface area contributed by atoms with E-state index < -0.39 is 20.8 Å². The van der Waals surface area contributed by atoms with Gasteiger partial charge in [0.1, 0.15) is 0 Å². The minimum absolute atomic E-state index is 0. The largest absolute Gasteiger partial charge is 1.00 e. The van der Waals surface area contributed by atoms with Crippen LogP contribution in [0.25, 0.3) is 0 Å². The smallest absolute Gasteiger partial charge is 0.725 e. The molecule has 0 atom stereocenters. The second-order valence-electron chi connectivity index (χ2n) is 10.0. The van der Waals surface area contributed by atoms with Crippen LogP contribution in [-0.4, -0.2) is 28.0 Å². The molecule has 8 nitrogen and oxygen atoms in total. The molecule has 0 amide bonds.